The summed E-state index contributed by atoms with van der Waals surface area (Å²) in [6.07, 6.45) is 1.91. The molecule has 3 atom stereocenters. The average molecular weight is 497 g/mol. The van der Waals surface area contributed by atoms with E-state index in [1.807, 2.05) is 32.0 Å². The number of carbonyl (C=O) groups excluding carboxylic acids is 3. The monoisotopic (exact) mass is 496 g/mol. The van der Waals surface area contributed by atoms with Crippen LogP contribution < -0.4 is 10.1 Å². The standard InChI is InChI=1S/C27H36N4O5/c1-6-25(32)29-21-10-11-22-23(13-21)36-17-19(3)31(26(33)14-20-9-7-8-12-28-20)15-18(2)24(35-5)16-30(4)27(22)34/h7-13,18-19,24H,6,14-17H2,1-5H3,(H,29,32)/t18-,19+,24+/m0/s1. The molecule has 0 bridgehead atoms. The molecule has 0 unspecified atom stereocenters. The number of pyridine rings is 1. The molecule has 0 saturated carbocycles. The number of carbonyl (C=O) groups is 3. The van der Waals surface area contributed by atoms with Gasteiger partial charge in [0.05, 0.1) is 24.1 Å². The van der Waals surface area contributed by atoms with E-state index < -0.39 is 0 Å². The summed E-state index contributed by atoms with van der Waals surface area (Å²) >= 11 is 0. The van der Waals surface area contributed by atoms with Gasteiger partial charge in [-0.2, -0.15) is 0 Å². The van der Waals surface area contributed by atoms with Crippen LogP contribution in [0.3, 0.4) is 0 Å². The number of rotatable bonds is 5. The van der Waals surface area contributed by atoms with Crippen LogP contribution in [0.25, 0.3) is 0 Å². The Morgan fingerprint density at radius 1 is 1.19 bits per heavy atom. The highest BCUT2D eigenvalue weighted by Gasteiger charge is 2.30. The zero-order valence-electron chi connectivity index (χ0n) is 21.7. The maximum absolute atomic E-state index is 13.4. The molecular weight excluding hydrogens is 460 g/mol. The van der Waals surface area contributed by atoms with Crippen molar-refractivity contribution in [2.24, 2.45) is 5.92 Å². The molecule has 3 amide bonds. The van der Waals surface area contributed by atoms with Crippen molar-refractivity contribution < 1.29 is 23.9 Å². The van der Waals surface area contributed by atoms with Gasteiger partial charge in [-0.3, -0.25) is 19.4 Å². The molecule has 2 heterocycles. The molecule has 1 aromatic heterocycles. The lowest BCUT2D eigenvalue weighted by Gasteiger charge is -2.36. The lowest BCUT2D eigenvalue weighted by atomic mass is 10.0. The van der Waals surface area contributed by atoms with Crippen LogP contribution >= 0.6 is 0 Å². The SMILES string of the molecule is CCC(=O)Nc1ccc2c(c1)OC[C@@H](C)N(C(=O)Cc1ccccn1)C[C@H](C)[C@H](OC)CN(C)C2=O. The molecule has 1 N–H and O–H groups in total. The largest absolute Gasteiger partial charge is 0.491 e. The number of methoxy groups -OCH3 is 1. The van der Waals surface area contributed by atoms with Crippen LogP contribution in [0.4, 0.5) is 5.69 Å². The third-order valence-electron chi connectivity index (χ3n) is 6.43. The lowest BCUT2D eigenvalue weighted by Crippen LogP contribution is -2.49. The Balaban J connectivity index is 1.94. The Hall–Kier alpha value is -3.46. The summed E-state index contributed by atoms with van der Waals surface area (Å²) in [6, 6.07) is 10.2. The average Bonchev–Trinajstić information content (AvgIpc) is 2.88. The lowest BCUT2D eigenvalue weighted by molar-refractivity contribution is -0.134. The van der Waals surface area contributed by atoms with Gasteiger partial charge in [0, 0.05) is 63.2 Å². The quantitative estimate of drug-likeness (QED) is 0.683. The molecule has 2 aromatic rings. The van der Waals surface area contributed by atoms with Crippen LogP contribution in [-0.4, -0.2) is 78.5 Å². The van der Waals surface area contributed by atoms with E-state index in [0.717, 1.165) is 0 Å². The predicted molar refractivity (Wildman–Crippen MR) is 137 cm³/mol. The Labute approximate surface area is 212 Å². The minimum absolute atomic E-state index is 0.0362. The topological polar surface area (TPSA) is 101 Å². The number of likely N-dealkylation sites (N-methyl/N-ethyl adjacent to an activating group) is 1. The summed E-state index contributed by atoms with van der Waals surface area (Å²) in [4.78, 5) is 46.3. The number of hydrogen-bond donors (Lipinski definition) is 1. The van der Waals surface area contributed by atoms with Crippen molar-refractivity contribution in [3.8, 4) is 5.75 Å². The second-order valence-corrected chi connectivity index (χ2v) is 9.25. The molecule has 0 radical (unpaired) electrons. The van der Waals surface area contributed by atoms with Gasteiger partial charge in [-0.25, -0.2) is 0 Å². The highest BCUT2D eigenvalue weighted by molar-refractivity contribution is 5.98. The van der Waals surface area contributed by atoms with Gasteiger partial charge in [-0.15, -0.1) is 0 Å². The molecule has 3 rings (SSSR count). The third-order valence-corrected chi connectivity index (χ3v) is 6.43. The number of amides is 3. The molecule has 0 spiro atoms. The van der Waals surface area contributed by atoms with Crippen LogP contribution in [0.2, 0.25) is 0 Å². The normalized spacial score (nSPS) is 21.0. The molecule has 1 aliphatic rings. The fourth-order valence-corrected chi connectivity index (χ4v) is 4.21. The van der Waals surface area contributed by atoms with Crippen molar-refractivity contribution >= 4 is 23.4 Å². The van der Waals surface area contributed by atoms with E-state index in [-0.39, 0.29) is 48.8 Å². The minimum Gasteiger partial charge on any atom is -0.491 e. The first-order chi connectivity index (χ1) is 17.2. The Morgan fingerprint density at radius 3 is 2.64 bits per heavy atom. The first kappa shape index (κ1) is 27.1. The number of aromatic nitrogens is 1. The van der Waals surface area contributed by atoms with Crippen molar-refractivity contribution in [2.45, 2.75) is 45.8 Å². The van der Waals surface area contributed by atoms with E-state index in [1.165, 1.54) is 0 Å². The zero-order valence-corrected chi connectivity index (χ0v) is 21.7. The summed E-state index contributed by atoms with van der Waals surface area (Å²) in [5.74, 6) is -0.0810. The van der Waals surface area contributed by atoms with Crippen LogP contribution in [0.15, 0.2) is 42.6 Å². The molecule has 194 valence electrons. The van der Waals surface area contributed by atoms with Gasteiger partial charge < -0.3 is 24.6 Å². The van der Waals surface area contributed by atoms with Crippen LogP contribution in [0, 0.1) is 5.92 Å². The molecule has 36 heavy (non-hydrogen) atoms. The number of ether oxygens (including phenoxy) is 2. The van der Waals surface area contributed by atoms with E-state index in [0.29, 0.717) is 42.2 Å². The maximum atomic E-state index is 13.4. The Kier molecular flexibility index (Phi) is 9.41. The summed E-state index contributed by atoms with van der Waals surface area (Å²) in [5, 5.41) is 2.81. The third kappa shape index (κ3) is 6.81. The van der Waals surface area contributed by atoms with Crippen LogP contribution in [0.5, 0.6) is 5.75 Å². The second kappa shape index (κ2) is 12.5. The smallest absolute Gasteiger partial charge is 0.257 e. The highest BCUT2D eigenvalue weighted by atomic mass is 16.5. The minimum atomic E-state index is -0.282. The number of hydrogen-bond acceptors (Lipinski definition) is 6. The molecule has 9 heteroatoms. The van der Waals surface area contributed by atoms with E-state index in [9.17, 15) is 14.4 Å². The van der Waals surface area contributed by atoms with Crippen molar-refractivity contribution in [3.63, 3.8) is 0 Å². The van der Waals surface area contributed by atoms with E-state index in [4.69, 9.17) is 9.47 Å². The molecule has 1 aromatic carbocycles. The van der Waals surface area contributed by atoms with Crippen LogP contribution in [0.1, 0.15) is 43.2 Å². The van der Waals surface area contributed by atoms with Gasteiger partial charge in [-0.1, -0.05) is 19.9 Å². The molecule has 0 fully saturated rings. The Morgan fingerprint density at radius 2 is 1.97 bits per heavy atom. The molecule has 1 aliphatic heterocycles. The summed E-state index contributed by atoms with van der Waals surface area (Å²) in [7, 11) is 3.34. The maximum Gasteiger partial charge on any atom is 0.257 e. The van der Waals surface area contributed by atoms with Crippen molar-refractivity contribution in [3.05, 3.63) is 53.9 Å². The van der Waals surface area contributed by atoms with Gasteiger partial charge >= 0.3 is 0 Å². The number of nitrogens with one attached hydrogen (secondary N) is 1. The number of nitrogens with zero attached hydrogens (tertiary/aromatic N) is 3. The zero-order chi connectivity index (χ0) is 26.2. The molecule has 0 aliphatic carbocycles. The number of benzene rings is 1. The van der Waals surface area contributed by atoms with E-state index in [1.54, 1.807) is 55.3 Å². The predicted octanol–water partition coefficient (Wildman–Crippen LogP) is 3.01. The van der Waals surface area contributed by atoms with Gasteiger partial charge in [-0.05, 0) is 31.2 Å². The van der Waals surface area contributed by atoms with Gasteiger partial charge in [0.1, 0.15) is 12.4 Å². The summed E-state index contributed by atoms with van der Waals surface area (Å²) < 4.78 is 11.9. The van der Waals surface area contributed by atoms with Crippen molar-refractivity contribution in [1.82, 2.24) is 14.8 Å². The van der Waals surface area contributed by atoms with E-state index >= 15 is 0 Å². The Bertz CT molecular complexity index is 1060. The van der Waals surface area contributed by atoms with Crippen molar-refractivity contribution in [1.29, 1.82) is 0 Å². The van der Waals surface area contributed by atoms with Gasteiger partial charge in [0.15, 0.2) is 0 Å². The summed E-state index contributed by atoms with van der Waals surface area (Å²) in [6.45, 7) is 6.67. The number of fused-ring (bicyclic) bond motifs is 1. The highest BCUT2D eigenvalue weighted by Crippen LogP contribution is 2.27. The van der Waals surface area contributed by atoms with Crippen molar-refractivity contribution in [2.75, 3.05) is 39.2 Å². The molecule has 0 saturated heterocycles. The summed E-state index contributed by atoms with van der Waals surface area (Å²) in [5.41, 5.74) is 1.63. The van der Waals surface area contributed by atoms with E-state index in [2.05, 4.69) is 10.3 Å². The first-order valence-electron chi connectivity index (χ1n) is 12.3. The van der Waals surface area contributed by atoms with Crippen LogP contribution in [-0.2, 0) is 20.7 Å². The molecule has 9 nitrogen and oxygen atoms in total. The first-order valence-corrected chi connectivity index (χ1v) is 12.3. The second-order valence-electron chi connectivity index (χ2n) is 9.25. The number of anilines is 1. The van der Waals surface area contributed by atoms with Gasteiger partial charge in [0.25, 0.3) is 5.91 Å². The fraction of sp³-hybridized carbons (Fsp3) is 0.481. The fourth-order valence-electron chi connectivity index (χ4n) is 4.21. The van der Waals surface area contributed by atoms with Gasteiger partial charge in [0.2, 0.25) is 11.8 Å². The molecular formula is C27H36N4O5.